The summed E-state index contributed by atoms with van der Waals surface area (Å²) in [6, 6.07) is 16.0. The minimum absolute atomic E-state index is 0.0524. The average Bonchev–Trinajstić information content (AvgIpc) is 3.85. The number of thiophene rings is 2. The van der Waals surface area contributed by atoms with Gasteiger partial charge in [0, 0.05) is 71.9 Å². The van der Waals surface area contributed by atoms with Crippen LogP contribution in [0.3, 0.4) is 0 Å². The maximum Gasteiger partial charge on any atom is 0.272 e. The second kappa shape index (κ2) is 16.5. The largest absolute Gasteiger partial charge is 0.493 e. The molecule has 0 N–H and O–H groups in total. The molecule has 11 nitrogen and oxygen atoms in total. The molecule has 2 atom stereocenters. The van der Waals surface area contributed by atoms with Crippen molar-refractivity contribution in [1.29, 1.82) is 0 Å². The second-order valence-electron chi connectivity index (χ2n) is 13.6. The first-order valence-corrected chi connectivity index (χ1v) is 20.2. The maximum atomic E-state index is 13.8. The Morgan fingerprint density at radius 1 is 0.893 bits per heavy atom. The van der Waals surface area contributed by atoms with Gasteiger partial charge in [0.15, 0.2) is 29.3 Å². The minimum atomic E-state index is -0.269. The number of amides is 1. The van der Waals surface area contributed by atoms with Gasteiger partial charge in [-0.3, -0.25) is 24.5 Å². The van der Waals surface area contributed by atoms with Crippen LogP contribution in [0.15, 0.2) is 75.3 Å². The molecule has 15 heteroatoms. The number of carbonyl (C=O) groups excluding carboxylic acids is 2. The summed E-state index contributed by atoms with van der Waals surface area (Å²) in [6.07, 6.45) is 6.01. The molecule has 5 aromatic rings. The van der Waals surface area contributed by atoms with E-state index >= 15 is 0 Å². The Morgan fingerprint density at radius 3 is 2.27 bits per heavy atom. The van der Waals surface area contributed by atoms with Gasteiger partial charge in [-0.1, -0.05) is 0 Å². The monoisotopic (exact) mass is 812 g/mol. The predicted octanol–water partition coefficient (Wildman–Crippen LogP) is 8.75. The van der Waals surface area contributed by atoms with Crippen LogP contribution in [0, 0.1) is 0 Å². The molecule has 2 aromatic heterocycles. The van der Waals surface area contributed by atoms with Gasteiger partial charge in [0.25, 0.3) is 18.3 Å². The van der Waals surface area contributed by atoms with Gasteiger partial charge in [0.05, 0.1) is 37.2 Å². The van der Waals surface area contributed by atoms with Crippen LogP contribution in [-0.2, 0) is 39.1 Å². The van der Waals surface area contributed by atoms with E-state index in [2.05, 4.69) is 34.8 Å². The van der Waals surface area contributed by atoms with Crippen LogP contribution in [-0.4, -0.2) is 67.8 Å². The Morgan fingerprint density at radius 2 is 1.57 bits per heavy atom. The van der Waals surface area contributed by atoms with Crippen molar-refractivity contribution in [2.24, 2.45) is 9.98 Å². The van der Waals surface area contributed by atoms with Gasteiger partial charge in [-0.15, -0.1) is 26.6 Å². The van der Waals surface area contributed by atoms with E-state index < -0.39 is 0 Å². The van der Waals surface area contributed by atoms with Crippen molar-refractivity contribution < 1.29 is 36.6 Å². The minimum Gasteiger partial charge on any atom is -0.493 e. The molecule has 0 saturated carbocycles. The molecule has 0 spiro atoms. The lowest BCUT2D eigenvalue weighted by Crippen LogP contribution is -2.44. The molecule has 3 aromatic carbocycles. The van der Waals surface area contributed by atoms with E-state index in [9.17, 15) is 13.5 Å². The molecule has 1 amide bonds. The number of ether oxygens (including phenoxy) is 4. The molecule has 0 bridgehead atoms. The molecule has 0 aliphatic carbocycles. The second-order valence-corrected chi connectivity index (χ2v) is 15.9. The Bertz CT molecular complexity index is 2340. The molecule has 5 heterocycles. The molecule has 3 aliphatic heterocycles. The van der Waals surface area contributed by atoms with Crippen LogP contribution < -0.4 is 23.1 Å². The number of methoxy groups -OCH3 is 2. The zero-order chi connectivity index (χ0) is 38.8. The number of aldehydes is 1. The van der Waals surface area contributed by atoms with Crippen LogP contribution in [0.2, 0.25) is 0 Å². The molecule has 2 unspecified atom stereocenters. The van der Waals surface area contributed by atoms with Gasteiger partial charge in [-0.25, -0.2) is 0 Å². The topological polar surface area (TPSA) is 111 Å². The van der Waals surface area contributed by atoms with Crippen LogP contribution in [0.5, 0.6) is 28.7 Å². The fourth-order valence-electron chi connectivity index (χ4n) is 7.16. The van der Waals surface area contributed by atoms with E-state index in [1.807, 2.05) is 23.4 Å². The van der Waals surface area contributed by atoms with E-state index in [1.54, 1.807) is 59.1 Å². The number of likely N-dealkylation sites (N-methyl/N-ethyl adjacent to an activating group) is 1. The van der Waals surface area contributed by atoms with E-state index in [4.69, 9.17) is 33.1 Å². The quantitative estimate of drug-likeness (QED) is 0.0655. The standard InChI is InChI=1S/C41H37FN4O7S3/c1-45-19-26-4-6-54-39(26)12-29(45)17-43-33-15-37(35(49-2)11-28(33)21-47)51-22-24-8-25(10-31(9-24)53-56-42)23-52-38-16-34-32(14-36(38)50-3)41(48)46-20-27-5-7-55-40(27)13-30(46)18-44-34/h4-11,14-18,21,29-30H,12-13,19-20,22-23H2,1-3H3. The smallest absolute Gasteiger partial charge is 0.272 e. The first-order valence-electron chi connectivity index (χ1n) is 17.8. The van der Waals surface area contributed by atoms with Crippen LogP contribution >= 0.6 is 35.1 Å². The number of benzene rings is 3. The highest BCUT2D eigenvalue weighted by atomic mass is 32.2. The van der Waals surface area contributed by atoms with E-state index in [-0.39, 0.29) is 49.4 Å². The van der Waals surface area contributed by atoms with Gasteiger partial charge < -0.3 is 28.0 Å². The van der Waals surface area contributed by atoms with Crippen molar-refractivity contribution in [2.45, 2.75) is 51.2 Å². The van der Waals surface area contributed by atoms with Crippen molar-refractivity contribution in [3.05, 3.63) is 108 Å². The Balaban J connectivity index is 0.998. The SMILES string of the molecule is COc1cc(C=O)c(N=CC2Cc3sccc3CN2C)cc1OCc1cc(COc2cc3c(cc2OC)C(=O)N2Cc4ccsc4CC2C=N3)cc(OSF)c1. The predicted molar refractivity (Wildman–Crippen MR) is 217 cm³/mol. The molecule has 0 saturated heterocycles. The van der Waals surface area contributed by atoms with Crippen LogP contribution in [0.4, 0.5) is 15.3 Å². The van der Waals surface area contributed by atoms with Gasteiger partial charge >= 0.3 is 0 Å². The summed E-state index contributed by atoms with van der Waals surface area (Å²) >= 11 is 3.18. The lowest BCUT2D eigenvalue weighted by Gasteiger charge is -2.32. The number of halogens is 1. The number of carbonyl (C=O) groups is 2. The van der Waals surface area contributed by atoms with Gasteiger partial charge in [-0.05, 0) is 82.5 Å². The molecule has 3 aliphatic rings. The number of rotatable bonds is 13. The van der Waals surface area contributed by atoms with Gasteiger partial charge in [-0.2, -0.15) is 0 Å². The normalized spacial score (nSPS) is 17.4. The first kappa shape index (κ1) is 37.7. The summed E-state index contributed by atoms with van der Waals surface area (Å²) in [4.78, 5) is 42.0. The van der Waals surface area contributed by atoms with E-state index in [1.165, 1.54) is 29.5 Å². The summed E-state index contributed by atoms with van der Waals surface area (Å²) in [6.45, 7) is 1.46. The number of aliphatic imine (C=N–C) groups is 2. The lowest BCUT2D eigenvalue weighted by molar-refractivity contribution is 0.0704. The fraction of sp³-hybridized carbons (Fsp3) is 0.268. The Hall–Kier alpha value is -5.22. The molecule has 0 fully saturated rings. The zero-order valence-corrected chi connectivity index (χ0v) is 33.2. The van der Waals surface area contributed by atoms with Crippen LogP contribution in [0.1, 0.15) is 52.7 Å². The van der Waals surface area contributed by atoms with Gasteiger partial charge in [0.1, 0.15) is 19.0 Å². The third-order valence-corrected chi connectivity index (χ3v) is 12.3. The first-order chi connectivity index (χ1) is 27.3. The lowest BCUT2D eigenvalue weighted by atomic mass is 10.0. The van der Waals surface area contributed by atoms with Crippen molar-refractivity contribution in [1.82, 2.24) is 9.80 Å². The zero-order valence-electron chi connectivity index (χ0n) is 30.7. The molecule has 56 heavy (non-hydrogen) atoms. The Labute approximate surface area is 335 Å². The third kappa shape index (κ3) is 7.76. The van der Waals surface area contributed by atoms with Crippen molar-refractivity contribution in [3.8, 4) is 28.7 Å². The summed E-state index contributed by atoms with van der Waals surface area (Å²) in [5.74, 6) is 1.65. The van der Waals surface area contributed by atoms with Crippen LogP contribution in [0.25, 0.3) is 0 Å². The third-order valence-electron chi connectivity index (χ3n) is 10.1. The summed E-state index contributed by atoms with van der Waals surface area (Å²) in [7, 11) is 5.08. The highest BCUT2D eigenvalue weighted by Crippen LogP contribution is 2.40. The molecule has 0 radical (unpaired) electrons. The van der Waals surface area contributed by atoms with Crippen molar-refractivity contribution >= 4 is 71.1 Å². The highest BCUT2D eigenvalue weighted by molar-refractivity contribution is 7.89. The summed E-state index contributed by atoms with van der Waals surface area (Å²) in [5, 5.41) is 4.17. The number of hydrogen-bond acceptors (Lipinski definition) is 13. The molecule has 288 valence electrons. The number of fused-ring (bicyclic) bond motifs is 4. The van der Waals surface area contributed by atoms with Crippen molar-refractivity contribution in [2.75, 3.05) is 21.3 Å². The summed E-state index contributed by atoms with van der Waals surface area (Å²) < 4.78 is 42.3. The molecule has 8 rings (SSSR count). The highest BCUT2D eigenvalue weighted by Gasteiger charge is 2.34. The number of nitrogens with zero attached hydrogens (tertiary/aromatic N) is 4. The summed E-state index contributed by atoms with van der Waals surface area (Å²) in [5.41, 5.74) is 5.56. The fourth-order valence-corrected chi connectivity index (χ4v) is 9.23. The number of hydrogen-bond donors (Lipinski definition) is 0. The van der Waals surface area contributed by atoms with E-state index in [0.717, 1.165) is 31.2 Å². The van der Waals surface area contributed by atoms with Gasteiger partial charge in [0.2, 0.25) is 0 Å². The van der Waals surface area contributed by atoms with E-state index in [0.29, 0.717) is 63.2 Å². The molecular formula is C41H37FN4O7S3. The Kier molecular flexibility index (Phi) is 11.1. The van der Waals surface area contributed by atoms with Crippen molar-refractivity contribution in [3.63, 3.8) is 0 Å². The maximum absolute atomic E-state index is 13.8. The average molecular weight is 813 g/mol. The molecular weight excluding hydrogens is 776 g/mol.